The highest BCUT2D eigenvalue weighted by Gasteiger charge is 2.30. The second kappa shape index (κ2) is 5.14. The lowest BCUT2D eigenvalue weighted by Gasteiger charge is -2.34. The Morgan fingerprint density at radius 3 is 2.33 bits per heavy atom. The van der Waals surface area contributed by atoms with E-state index in [1.54, 1.807) is 23.9 Å². The van der Waals surface area contributed by atoms with Crippen molar-refractivity contribution in [2.45, 2.75) is 26.3 Å². The van der Waals surface area contributed by atoms with Gasteiger partial charge in [0.15, 0.2) is 0 Å². The number of aromatic nitrogens is 1. The number of halogens is 1. The van der Waals surface area contributed by atoms with Gasteiger partial charge in [-0.15, -0.1) is 0 Å². The Balaban J connectivity index is 3.10. The van der Waals surface area contributed by atoms with E-state index in [9.17, 15) is 9.59 Å². The summed E-state index contributed by atoms with van der Waals surface area (Å²) in [5.74, 6) is -1.32. The van der Waals surface area contributed by atoms with Crippen LogP contribution in [0.1, 0.15) is 31.3 Å². The molecule has 1 rings (SSSR count). The zero-order valence-corrected chi connectivity index (χ0v) is 12.5. The lowest BCUT2D eigenvalue weighted by molar-refractivity contribution is -0.138. The number of amides is 1. The molecule has 1 amide bonds. The van der Waals surface area contributed by atoms with Gasteiger partial charge in [0.1, 0.15) is 12.2 Å². The van der Waals surface area contributed by atoms with E-state index in [4.69, 9.17) is 5.11 Å². The first-order chi connectivity index (χ1) is 8.12. The first-order valence-electron chi connectivity index (χ1n) is 5.48. The van der Waals surface area contributed by atoms with Gasteiger partial charge in [-0.3, -0.25) is 9.59 Å². The minimum Gasteiger partial charge on any atom is -0.480 e. The lowest BCUT2D eigenvalue weighted by Crippen LogP contribution is -2.48. The average Bonchev–Trinajstić information content (AvgIpc) is 2.51. The van der Waals surface area contributed by atoms with Gasteiger partial charge in [-0.25, -0.2) is 0 Å². The Hall–Kier alpha value is -1.30. The maximum absolute atomic E-state index is 12.4. The van der Waals surface area contributed by atoms with Gasteiger partial charge in [0.2, 0.25) is 0 Å². The highest BCUT2D eigenvalue weighted by Crippen LogP contribution is 2.20. The molecular weight excluding hydrogens is 300 g/mol. The molecule has 0 unspecified atom stereocenters. The zero-order chi connectivity index (χ0) is 14.1. The summed E-state index contributed by atoms with van der Waals surface area (Å²) < 4.78 is 2.46. The summed E-state index contributed by atoms with van der Waals surface area (Å²) in [7, 11) is 1.75. The molecule has 0 aromatic carbocycles. The van der Waals surface area contributed by atoms with Crippen LogP contribution in [0, 0.1) is 0 Å². The Morgan fingerprint density at radius 1 is 1.44 bits per heavy atom. The fourth-order valence-electron chi connectivity index (χ4n) is 1.62. The summed E-state index contributed by atoms with van der Waals surface area (Å²) in [6.45, 7) is 5.12. The van der Waals surface area contributed by atoms with E-state index >= 15 is 0 Å². The van der Waals surface area contributed by atoms with E-state index in [1.165, 1.54) is 4.90 Å². The van der Waals surface area contributed by atoms with Crippen LogP contribution < -0.4 is 0 Å². The number of hydrogen-bond acceptors (Lipinski definition) is 2. The Kier molecular flexibility index (Phi) is 4.21. The van der Waals surface area contributed by atoms with Crippen molar-refractivity contribution in [3.63, 3.8) is 0 Å². The molecule has 0 aliphatic heterocycles. The van der Waals surface area contributed by atoms with Crippen LogP contribution in [-0.2, 0) is 11.8 Å². The minimum absolute atomic E-state index is 0.293. The fourth-order valence-corrected chi connectivity index (χ4v) is 2.15. The molecule has 6 heteroatoms. The molecule has 0 fully saturated rings. The molecule has 0 aliphatic rings. The molecule has 0 saturated heterocycles. The number of aliphatic carboxylic acids is 1. The van der Waals surface area contributed by atoms with Crippen molar-refractivity contribution in [3.05, 3.63) is 22.4 Å². The van der Waals surface area contributed by atoms with E-state index in [1.807, 2.05) is 20.8 Å². The number of carbonyl (C=O) groups is 2. The second-order valence-corrected chi connectivity index (χ2v) is 6.03. The van der Waals surface area contributed by atoms with Crippen molar-refractivity contribution in [2.24, 2.45) is 7.05 Å². The molecule has 0 bridgehead atoms. The van der Waals surface area contributed by atoms with Crippen molar-refractivity contribution < 1.29 is 14.7 Å². The van der Waals surface area contributed by atoms with Gasteiger partial charge in [0.25, 0.3) is 5.91 Å². The molecule has 1 heterocycles. The predicted molar refractivity (Wildman–Crippen MR) is 71.5 cm³/mol. The van der Waals surface area contributed by atoms with E-state index in [2.05, 4.69) is 15.9 Å². The van der Waals surface area contributed by atoms with Crippen LogP contribution in [0.3, 0.4) is 0 Å². The topological polar surface area (TPSA) is 62.5 Å². The molecule has 0 spiro atoms. The summed E-state index contributed by atoms with van der Waals surface area (Å²) in [5, 5.41) is 8.91. The number of aryl methyl sites for hydroxylation is 1. The third kappa shape index (κ3) is 3.35. The second-order valence-electron chi connectivity index (χ2n) is 5.11. The summed E-state index contributed by atoms with van der Waals surface area (Å²) in [6, 6.07) is 1.68. The van der Waals surface area contributed by atoms with Crippen LogP contribution in [-0.4, -0.2) is 38.5 Å². The van der Waals surface area contributed by atoms with Gasteiger partial charge < -0.3 is 14.6 Å². The van der Waals surface area contributed by atoms with Gasteiger partial charge in [-0.05, 0) is 42.8 Å². The van der Waals surface area contributed by atoms with Crippen molar-refractivity contribution in [1.29, 1.82) is 0 Å². The smallest absolute Gasteiger partial charge is 0.323 e. The summed E-state index contributed by atoms with van der Waals surface area (Å²) in [5.41, 5.74) is -0.0929. The highest BCUT2D eigenvalue weighted by molar-refractivity contribution is 9.10. The molecular formula is C12H17BrN2O3. The monoisotopic (exact) mass is 316 g/mol. The van der Waals surface area contributed by atoms with E-state index in [-0.39, 0.29) is 12.5 Å². The highest BCUT2D eigenvalue weighted by atomic mass is 79.9. The third-order valence-electron chi connectivity index (χ3n) is 2.54. The normalized spacial score (nSPS) is 11.4. The molecule has 0 aliphatic carbocycles. The van der Waals surface area contributed by atoms with Crippen LogP contribution in [0.4, 0.5) is 0 Å². The average molecular weight is 317 g/mol. The first-order valence-corrected chi connectivity index (χ1v) is 6.28. The SMILES string of the molecule is Cn1cc(Br)cc1C(=O)N(CC(=O)O)C(C)(C)C. The van der Waals surface area contributed by atoms with Crippen molar-refractivity contribution in [3.8, 4) is 0 Å². The van der Waals surface area contributed by atoms with Gasteiger partial charge in [0, 0.05) is 23.3 Å². The van der Waals surface area contributed by atoms with Crippen molar-refractivity contribution >= 4 is 27.8 Å². The largest absolute Gasteiger partial charge is 0.480 e. The van der Waals surface area contributed by atoms with Gasteiger partial charge in [-0.2, -0.15) is 0 Å². The first kappa shape index (κ1) is 14.8. The quantitative estimate of drug-likeness (QED) is 0.929. The molecule has 1 aromatic rings. The number of rotatable bonds is 3. The number of carboxylic acids is 1. The Labute approximate surface area is 115 Å². The van der Waals surface area contributed by atoms with Crippen LogP contribution in [0.25, 0.3) is 0 Å². The molecule has 1 aromatic heterocycles. The standard InChI is InChI=1S/C12H17BrN2O3/c1-12(2,3)15(7-10(16)17)11(18)9-5-8(13)6-14(9)4/h5-6H,7H2,1-4H3,(H,16,17). The van der Waals surface area contributed by atoms with Gasteiger partial charge in [0.05, 0.1) is 0 Å². The Morgan fingerprint density at radius 2 is 2.00 bits per heavy atom. The van der Waals surface area contributed by atoms with Crippen LogP contribution >= 0.6 is 15.9 Å². The maximum atomic E-state index is 12.4. The number of hydrogen-bond donors (Lipinski definition) is 1. The third-order valence-corrected chi connectivity index (χ3v) is 2.97. The van der Waals surface area contributed by atoms with Crippen molar-refractivity contribution in [1.82, 2.24) is 9.47 Å². The van der Waals surface area contributed by atoms with E-state index in [0.29, 0.717) is 5.69 Å². The molecule has 0 saturated carbocycles. The lowest BCUT2D eigenvalue weighted by atomic mass is 10.1. The summed E-state index contributed by atoms with van der Waals surface area (Å²) in [6.07, 6.45) is 1.76. The fraction of sp³-hybridized carbons (Fsp3) is 0.500. The summed E-state index contributed by atoms with van der Waals surface area (Å²) >= 11 is 3.29. The minimum atomic E-state index is -1.02. The predicted octanol–water partition coefficient (Wildman–Crippen LogP) is 2.11. The molecule has 1 N–H and O–H groups in total. The van der Waals surface area contributed by atoms with Crippen LogP contribution in [0.5, 0.6) is 0 Å². The van der Waals surface area contributed by atoms with Crippen LogP contribution in [0.2, 0.25) is 0 Å². The Bertz CT molecular complexity index is 474. The van der Waals surface area contributed by atoms with E-state index < -0.39 is 11.5 Å². The van der Waals surface area contributed by atoms with Crippen LogP contribution in [0.15, 0.2) is 16.7 Å². The summed E-state index contributed by atoms with van der Waals surface area (Å²) in [4.78, 5) is 24.6. The van der Waals surface area contributed by atoms with E-state index in [0.717, 1.165) is 4.47 Å². The number of carbonyl (C=O) groups excluding carboxylic acids is 1. The maximum Gasteiger partial charge on any atom is 0.323 e. The zero-order valence-electron chi connectivity index (χ0n) is 10.9. The molecule has 0 radical (unpaired) electrons. The molecule has 0 atom stereocenters. The van der Waals surface area contributed by atoms with Gasteiger partial charge >= 0.3 is 5.97 Å². The molecule has 5 nitrogen and oxygen atoms in total. The van der Waals surface area contributed by atoms with Crippen molar-refractivity contribution in [2.75, 3.05) is 6.54 Å². The number of carboxylic acid groups (broad SMARTS) is 1. The molecule has 18 heavy (non-hydrogen) atoms. The molecule has 100 valence electrons. The van der Waals surface area contributed by atoms with Gasteiger partial charge in [-0.1, -0.05) is 0 Å². The number of nitrogens with zero attached hydrogens (tertiary/aromatic N) is 2.